The first-order valence-corrected chi connectivity index (χ1v) is 6.40. The van der Waals surface area contributed by atoms with Gasteiger partial charge in [-0.15, -0.1) is 0 Å². The van der Waals surface area contributed by atoms with E-state index in [2.05, 4.69) is 10.1 Å². The monoisotopic (exact) mass is 274 g/mol. The lowest BCUT2D eigenvalue weighted by atomic mass is 10.2. The first-order chi connectivity index (χ1) is 9.40. The molecule has 2 rings (SSSR count). The summed E-state index contributed by atoms with van der Waals surface area (Å²) in [7, 11) is 3.32. The molecule has 0 aliphatic rings. The van der Waals surface area contributed by atoms with Gasteiger partial charge in [0.2, 0.25) is 5.91 Å². The van der Waals surface area contributed by atoms with Crippen molar-refractivity contribution < 1.29 is 4.79 Å². The number of nitrogens with one attached hydrogen (secondary N) is 1. The molecule has 0 saturated heterocycles. The zero-order valence-corrected chi connectivity index (χ0v) is 12.0. The second-order valence-corrected chi connectivity index (χ2v) is 5.11. The molecule has 106 valence electrons. The predicted molar refractivity (Wildman–Crippen MR) is 78.5 cm³/mol. The van der Waals surface area contributed by atoms with Crippen molar-refractivity contribution in [3.8, 4) is 0 Å². The molecule has 20 heavy (non-hydrogen) atoms. The van der Waals surface area contributed by atoms with Crippen LogP contribution < -0.4 is 5.56 Å². The number of carbonyl (C=O) groups excluding carboxylic acids is 1. The molecule has 6 heteroatoms. The van der Waals surface area contributed by atoms with E-state index in [4.69, 9.17) is 0 Å². The summed E-state index contributed by atoms with van der Waals surface area (Å²) in [6, 6.07) is 1.90. The van der Waals surface area contributed by atoms with E-state index in [-0.39, 0.29) is 17.5 Å². The Hall–Kier alpha value is -2.37. The molecular weight excluding hydrogens is 256 g/mol. The van der Waals surface area contributed by atoms with E-state index >= 15 is 0 Å². The molecule has 0 fully saturated rings. The molecule has 0 aliphatic carbocycles. The van der Waals surface area contributed by atoms with Crippen molar-refractivity contribution in [1.29, 1.82) is 0 Å². The number of aromatic nitrogens is 3. The quantitative estimate of drug-likeness (QED) is 0.860. The van der Waals surface area contributed by atoms with Crippen molar-refractivity contribution in [2.75, 3.05) is 14.1 Å². The highest BCUT2D eigenvalue weighted by Gasteiger charge is 2.09. The highest BCUT2D eigenvalue weighted by atomic mass is 16.2. The van der Waals surface area contributed by atoms with Crippen molar-refractivity contribution in [3.05, 3.63) is 34.3 Å². The molecule has 0 spiro atoms. The summed E-state index contributed by atoms with van der Waals surface area (Å²) in [5.41, 5.74) is 0.903. The Balaban J connectivity index is 2.45. The minimum atomic E-state index is -0.234. The van der Waals surface area contributed by atoms with Crippen LogP contribution in [0.1, 0.15) is 25.5 Å². The van der Waals surface area contributed by atoms with E-state index in [0.717, 1.165) is 5.39 Å². The number of pyridine rings is 1. The van der Waals surface area contributed by atoms with Crippen molar-refractivity contribution in [1.82, 2.24) is 19.7 Å². The number of fused-ring (bicyclic) bond motifs is 1. The largest absolute Gasteiger partial charge is 0.345 e. The van der Waals surface area contributed by atoms with E-state index in [1.807, 2.05) is 13.8 Å². The average molecular weight is 274 g/mol. The molecule has 1 amide bonds. The first kappa shape index (κ1) is 14.0. The normalized spacial score (nSPS) is 11.7. The van der Waals surface area contributed by atoms with Crippen LogP contribution in [0.15, 0.2) is 23.1 Å². The summed E-state index contributed by atoms with van der Waals surface area (Å²) in [6.45, 7) is 3.99. The summed E-state index contributed by atoms with van der Waals surface area (Å²) in [5, 5.41) is 5.09. The molecule has 0 bridgehead atoms. The van der Waals surface area contributed by atoms with Crippen LogP contribution in [0.5, 0.6) is 0 Å². The van der Waals surface area contributed by atoms with Crippen molar-refractivity contribution in [2.24, 2.45) is 0 Å². The van der Waals surface area contributed by atoms with Crippen LogP contribution in [0.2, 0.25) is 0 Å². The van der Waals surface area contributed by atoms with Gasteiger partial charge in [0.05, 0.1) is 6.20 Å². The summed E-state index contributed by atoms with van der Waals surface area (Å²) < 4.78 is 1.76. The fourth-order valence-corrected chi connectivity index (χ4v) is 1.85. The third-order valence-corrected chi connectivity index (χ3v) is 2.96. The molecule has 0 aliphatic heterocycles. The molecular formula is C14H18N4O2. The minimum absolute atomic E-state index is 0.164. The lowest BCUT2D eigenvalue weighted by molar-refractivity contribution is -0.123. The molecule has 2 aromatic rings. The van der Waals surface area contributed by atoms with Crippen molar-refractivity contribution >= 4 is 23.0 Å². The number of hydrogen-bond donors (Lipinski definition) is 1. The number of likely N-dealkylation sites (N-methyl/N-ethyl adjacent to an activating group) is 1. The van der Waals surface area contributed by atoms with Crippen LogP contribution in [0, 0.1) is 0 Å². The molecule has 1 N–H and O–H groups in total. The van der Waals surface area contributed by atoms with E-state index in [0.29, 0.717) is 11.2 Å². The number of hydrogen-bond acceptors (Lipinski definition) is 3. The van der Waals surface area contributed by atoms with Crippen molar-refractivity contribution in [2.45, 2.75) is 19.9 Å². The first-order valence-electron chi connectivity index (χ1n) is 6.40. The van der Waals surface area contributed by atoms with Crippen molar-refractivity contribution in [3.63, 3.8) is 0 Å². The summed E-state index contributed by atoms with van der Waals surface area (Å²) in [5.74, 6) is -0.164. The van der Waals surface area contributed by atoms with Crippen LogP contribution in [0.3, 0.4) is 0 Å². The number of rotatable bonds is 3. The average Bonchev–Trinajstić information content (AvgIpc) is 2.78. The Morgan fingerprint density at radius 1 is 1.45 bits per heavy atom. The number of H-pyrrole nitrogens is 1. The van der Waals surface area contributed by atoms with Gasteiger partial charge in [-0.25, -0.2) is 4.68 Å². The van der Waals surface area contributed by atoms with Gasteiger partial charge >= 0.3 is 0 Å². The van der Waals surface area contributed by atoms with Crippen LogP contribution in [0.25, 0.3) is 17.1 Å². The molecule has 0 aromatic carbocycles. The second-order valence-electron chi connectivity index (χ2n) is 5.11. The molecule has 2 aromatic heterocycles. The van der Waals surface area contributed by atoms with Gasteiger partial charge in [-0.05, 0) is 26.0 Å². The third-order valence-electron chi connectivity index (χ3n) is 2.96. The van der Waals surface area contributed by atoms with Gasteiger partial charge in [-0.2, -0.15) is 5.10 Å². The van der Waals surface area contributed by atoms with Gasteiger partial charge in [0, 0.05) is 37.2 Å². The molecule has 0 unspecified atom stereocenters. The lowest BCUT2D eigenvalue weighted by Crippen LogP contribution is -2.19. The molecule has 0 radical (unpaired) electrons. The smallest absolute Gasteiger partial charge is 0.256 e. The topological polar surface area (TPSA) is 71.0 Å². The maximum Gasteiger partial charge on any atom is 0.256 e. The Bertz CT molecular complexity index is 722. The van der Waals surface area contributed by atoms with Gasteiger partial charge in [-0.3, -0.25) is 9.59 Å². The number of nitrogens with zero attached hydrogens (tertiary/aromatic N) is 3. The molecule has 2 heterocycles. The third kappa shape index (κ3) is 2.64. The van der Waals surface area contributed by atoms with Gasteiger partial charge in [0.15, 0.2) is 0 Å². The van der Waals surface area contributed by atoms with Crippen LogP contribution in [-0.4, -0.2) is 39.7 Å². The zero-order valence-electron chi connectivity index (χ0n) is 12.0. The number of carbonyl (C=O) groups is 1. The molecule has 0 saturated carbocycles. The fraction of sp³-hybridized carbons (Fsp3) is 0.357. The standard InChI is InChI=1S/C14H18N4O2/c1-9(2)18-13-11(8-15-18)7-10(14(20)16-13)5-6-12(19)17(3)4/h5-9H,1-4H3,(H,16,20)/b6-5+. The van der Waals surface area contributed by atoms with E-state index in [1.165, 1.54) is 17.1 Å². The summed E-state index contributed by atoms with van der Waals surface area (Å²) in [4.78, 5) is 27.8. The second kappa shape index (κ2) is 5.32. The number of aromatic amines is 1. The Morgan fingerprint density at radius 2 is 2.15 bits per heavy atom. The SMILES string of the molecule is CC(C)n1ncc2cc(/C=C/C(=O)N(C)C)c(=O)[nH]c21. The maximum absolute atomic E-state index is 12.0. The van der Waals surface area contributed by atoms with E-state index in [1.54, 1.807) is 31.0 Å². The molecule has 0 atom stereocenters. The van der Waals surface area contributed by atoms with Gasteiger partial charge in [0.25, 0.3) is 5.56 Å². The predicted octanol–water partition coefficient (Wildman–Crippen LogP) is 1.41. The van der Waals surface area contributed by atoms with E-state index in [9.17, 15) is 9.59 Å². The lowest BCUT2D eigenvalue weighted by Gasteiger charge is -2.07. The maximum atomic E-state index is 12.0. The Labute approximate surface area is 116 Å². The van der Waals surface area contributed by atoms with E-state index < -0.39 is 0 Å². The minimum Gasteiger partial charge on any atom is -0.345 e. The van der Waals surface area contributed by atoms with Crippen LogP contribution in [-0.2, 0) is 4.79 Å². The highest BCUT2D eigenvalue weighted by molar-refractivity contribution is 5.91. The Kier molecular flexibility index (Phi) is 3.74. The van der Waals surface area contributed by atoms with Crippen LogP contribution >= 0.6 is 0 Å². The number of amides is 1. The van der Waals surface area contributed by atoms with Crippen LogP contribution in [0.4, 0.5) is 0 Å². The van der Waals surface area contributed by atoms with Gasteiger partial charge < -0.3 is 9.88 Å². The molecule has 6 nitrogen and oxygen atoms in total. The summed E-state index contributed by atoms with van der Waals surface area (Å²) in [6.07, 6.45) is 4.60. The van der Waals surface area contributed by atoms with Gasteiger partial charge in [-0.1, -0.05) is 0 Å². The summed E-state index contributed by atoms with van der Waals surface area (Å²) >= 11 is 0. The zero-order chi connectivity index (χ0) is 14.9. The fourth-order valence-electron chi connectivity index (χ4n) is 1.85. The Morgan fingerprint density at radius 3 is 2.75 bits per heavy atom. The van der Waals surface area contributed by atoms with Gasteiger partial charge in [0.1, 0.15) is 5.65 Å². The highest BCUT2D eigenvalue weighted by Crippen LogP contribution is 2.15.